The zero-order chi connectivity index (χ0) is 21.5. The first kappa shape index (κ1) is 28.9. The molecule has 1 unspecified atom stereocenters. The van der Waals surface area contributed by atoms with Gasteiger partial charge in [0.25, 0.3) is 0 Å². The van der Waals surface area contributed by atoms with Gasteiger partial charge in [-0.25, -0.2) is 0 Å². The molecule has 0 aromatic rings. The van der Waals surface area contributed by atoms with Gasteiger partial charge in [0.1, 0.15) is 0 Å². The minimum absolute atomic E-state index is 0.0209. The summed E-state index contributed by atoms with van der Waals surface area (Å²) in [4.78, 5) is 0. The van der Waals surface area contributed by atoms with Crippen LogP contribution in [0.4, 0.5) is 0 Å². The van der Waals surface area contributed by atoms with Gasteiger partial charge in [-0.05, 0) is 19.3 Å². The topological polar surface area (TPSA) is 23.1 Å². The lowest BCUT2D eigenvalue weighted by Gasteiger charge is -2.38. The number of quaternary nitrogens is 1. The minimum Gasteiger partial charge on any atom is -0.633 e. The highest BCUT2D eigenvalue weighted by Crippen LogP contribution is 2.15. The molecular formula is C27H57NO. The Balaban J connectivity index is 3.12. The third-order valence-corrected chi connectivity index (χ3v) is 6.47. The normalized spacial score (nSPS) is 13.7. The van der Waals surface area contributed by atoms with Crippen molar-refractivity contribution in [2.24, 2.45) is 0 Å². The maximum atomic E-state index is 12.2. The molecule has 0 rings (SSSR count). The summed E-state index contributed by atoms with van der Waals surface area (Å²) in [5, 5.41) is 12.2. The Bertz CT molecular complexity index is 303. The highest BCUT2D eigenvalue weighted by molar-refractivity contribution is 4.51. The number of hydrogen-bond acceptors (Lipinski definition) is 1. The second-order valence-electron chi connectivity index (χ2n) is 9.82. The monoisotopic (exact) mass is 411 g/mol. The van der Waals surface area contributed by atoms with Crippen molar-refractivity contribution < 1.29 is 4.65 Å². The van der Waals surface area contributed by atoms with E-state index >= 15 is 0 Å². The maximum Gasteiger partial charge on any atom is 0.0781 e. The molecule has 0 radical (unpaired) electrons. The van der Waals surface area contributed by atoms with Crippen molar-refractivity contribution in [2.45, 2.75) is 155 Å². The van der Waals surface area contributed by atoms with Gasteiger partial charge in [-0.3, -0.25) is 0 Å². The van der Waals surface area contributed by atoms with Crippen LogP contribution in [-0.4, -0.2) is 24.8 Å². The molecule has 0 aromatic heterocycles. The predicted molar refractivity (Wildman–Crippen MR) is 132 cm³/mol. The van der Waals surface area contributed by atoms with Crippen molar-refractivity contribution in [1.82, 2.24) is 0 Å². The summed E-state index contributed by atoms with van der Waals surface area (Å²) < 4.78 is -0.0209. The van der Waals surface area contributed by atoms with Crippen LogP contribution in [0.1, 0.15) is 155 Å². The molecule has 0 bridgehead atoms. The lowest BCUT2D eigenvalue weighted by molar-refractivity contribution is -0.861. The van der Waals surface area contributed by atoms with E-state index in [4.69, 9.17) is 0 Å². The van der Waals surface area contributed by atoms with Gasteiger partial charge in [0, 0.05) is 0 Å². The van der Waals surface area contributed by atoms with Crippen LogP contribution in [0, 0.1) is 5.21 Å². The second-order valence-corrected chi connectivity index (χ2v) is 9.82. The predicted octanol–water partition coefficient (Wildman–Crippen LogP) is 9.55. The molecule has 2 nitrogen and oxygen atoms in total. The van der Waals surface area contributed by atoms with Gasteiger partial charge < -0.3 is 9.85 Å². The van der Waals surface area contributed by atoms with E-state index in [2.05, 4.69) is 13.8 Å². The smallest absolute Gasteiger partial charge is 0.0781 e. The molecule has 0 fully saturated rings. The van der Waals surface area contributed by atoms with Gasteiger partial charge in [0.15, 0.2) is 0 Å². The van der Waals surface area contributed by atoms with Crippen molar-refractivity contribution in [2.75, 3.05) is 20.1 Å². The summed E-state index contributed by atoms with van der Waals surface area (Å²) in [5.74, 6) is 0. The Labute approximate surface area is 185 Å². The largest absolute Gasteiger partial charge is 0.633 e. The van der Waals surface area contributed by atoms with E-state index in [-0.39, 0.29) is 4.65 Å². The van der Waals surface area contributed by atoms with Crippen LogP contribution in [0.5, 0.6) is 0 Å². The molecule has 2 heteroatoms. The molecule has 0 aliphatic rings. The Hall–Kier alpha value is -0.0800. The first-order valence-corrected chi connectivity index (χ1v) is 13.7. The molecule has 0 N–H and O–H groups in total. The van der Waals surface area contributed by atoms with Crippen LogP contribution < -0.4 is 0 Å². The average molecular weight is 412 g/mol. The van der Waals surface area contributed by atoms with E-state index in [9.17, 15) is 5.21 Å². The minimum atomic E-state index is -0.0209. The van der Waals surface area contributed by atoms with E-state index in [1.807, 2.05) is 7.05 Å². The molecule has 0 heterocycles. The van der Waals surface area contributed by atoms with E-state index in [1.54, 1.807) is 0 Å². The Kier molecular flexibility index (Phi) is 22.5. The Morgan fingerprint density at radius 1 is 0.379 bits per heavy atom. The molecule has 0 aliphatic carbocycles. The van der Waals surface area contributed by atoms with Crippen molar-refractivity contribution in [1.29, 1.82) is 0 Å². The number of unbranched alkanes of at least 4 members (excludes halogenated alkanes) is 20. The van der Waals surface area contributed by atoms with Gasteiger partial charge in [-0.1, -0.05) is 136 Å². The SMILES string of the molecule is CCCCCCCCCCCCCCCCCCCCCC[N+](C)([O-])CCCC. The van der Waals surface area contributed by atoms with Gasteiger partial charge in [0.05, 0.1) is 20.1 Å². The van der Waals surface area contributed by atoms with Crippen molar-refractivity contribution in [3.63, 3.8) is 0 Å². The summed E-state index contributed by atoms with van der Waals surface area (Å²) >= 11 is 0. The zero-order valence-electron chi connectivity index (χ0n) is 20.8. The summed E-state index contributed by atoms with van der Waals surface area (Å²) in [5.41, 5.74) is 0. The summed E-state index contributed by atoms with van der Waals surface area (Å²) in [7, 11) is 1.85. The fraction of sp³-hybridized carbons (Fsp3) is 1.00. The van der Waals surface area contributed by atoms with E-state index in [0.717, 1.165) is 32.4 Å². The molecule has 0 saturated heterocycles. The molecule has 0 amide bonds. The molecule has 0 spiro atoms. The maximum absolute atomic E-state index is 12.2. The van der Waals surface area contributed by atoms with Gasteiger partial charge in [0.2, 0.25) is 0 Å². The highest BCUT2D eigenvalue weighted by Gasteiger charge is 2.08. The number of hydrogen-bond donors (Lipinski definition) is 0. The lowest BCUT2D eigenvalue weighted by Crippen LogP contribution is -2.39. The molecular weight excluding hydrogens is 354 g/mol. The van der Waals surface area contributed by atoms with Gasteiger partial charge in [-0.2, -0.15) is 0 Å². The molecule has 0 saturated carbocycles. The van der Waals surface area contributed by atoms with Crippen molar-refractivity contribution >= 4 is 0 Å². The molecule has 0 aliphatic heterocycles. The van der Waals surface area contributed by atoms with E-state index in [1.165, 1.54) is 122 Å². The third kappa shape index (κ3) is 24.1. The van der Waals surface area contributed by atoms with E-state index < -0.39 is 0 Å². The van der Waals surface area contributed by atoms with Crippen LogP contribution in [0.25, 0.3) is 0 Å². The highest BCUT2D eigenvalue weighted by atomic mass is 16.5. The standard InChI is InChI=1S/C27H57NO/c1-4-6-8-9-10-11-12-13-14-15-16-17-18-19-20-21-22-23-24-25-27-28(3,29)26-7-5-2/h4-27H2,1-3H3. The fourth-order valence-electron chi connectivity index (χ4n) is 4.31. The summed E-state index contributed by atoms with van der Waals surface area (Å²) in [6, 6.07) is 0. The van der Waals surface area contributed by atoms with Gasteiger partial charge in [-0.15, -0.1) is 0 Å². The molecule has 29 heavy (non-hydrogen) atoms. The summed E-state index contributed by atoms with van der Waals surface area (Å²) in [6.07, 6.45) is 30.4. The quantitative estimate of drug-likeness (QED) is 0.0880. The van der Waals surface area contributed by atoms with Crippen LogP contribution in [0.2, 0.25) is 0 Å². The zero-order valence-corrected chi connectivity index (χ0v) is 20.8. The molecule has 1 atom stereocenters. The van der Waals surface area contributed by atoms with Crippen LogP contribution >= 0.6 is 0 Å². The fourth-order valence-corrected chi connectivity index (χ4v) is 4.31. The lowest BCUT2D eigenvalue weighted by atomic mass is 10.0. The van der Waals surface area contributed by atoms with Crippen LogP contribution in [0.15, 0.2) is 0 Å². The van der Waals surface area contributed by atoms with Crippen molar-refractivity contribution in [3.05, 3.63) is 5.21 Å². The Morgan fingerprint density at radius 2 is 0.621 bits per heavy atom. The van der Waals surface area contributed by atoms with Crippen LogP contribution in [0.3, 0.4) is 0 Å². The average Bonchev–Trinajstić information content (AvgIpc) is 2.71. The van der Waals surface area contributed by atoms with Crippen molar-refractivity contribution in [3.8, 4) is 0 Å². The number of rotatable bonds is 24. The van der Waals surface area contributed by atoms with Gasteiger partial charge >= 0.3 is 0 Å². The Morgan fingerprint density at radius 3 is 0.931 bits per heavy atom. The van der Waals surface area contributed by atoms with Crippen LogP contribution in [-0.2, 0) is 0 Å². The number of hydroxylamine groups is 3. The first-order chi connectivity index (χ1) is 14.1. The summed E-state index contributed by atoms with van der Waals surface area (Å²) in [6.45, 7) is 6.08. The first-order valence-electron chi connectivity index (χ1n) is 13.7. The molecule has 0 aromatic carbocycles. The second kappa shape index (κ2) is 22.6. The number of nitrogens with zero attached hydrogens (tertiary/aromatic N) is 1. The molecule has 176 valence electrons. The van der Waals surface area contributed by atoms with E-state index in [0.29, 0.717) is 0 Å². The third-order valence-electron chi connectivity index (χ3n) is 6.47.